The highest BCUT2D eigenvalue weighted by atomic mass is 16.5. The van der Waals surface area contributed by atoms with E-state index in [2.05, 4.69) is 13.8 Å². The predicted octanol–water partition coefficient (Wildman–Crippen LogP) is 4.12. The normalized spacial score (nSPS) is 45.4. The maximum atomic E-state index is 12.2. The number of esters is 1. The minimum Gasteiger partial charge on any atom is -0.466 e. The van der Waals surface area contributed by atoms with Crippen molar-refractivity contribution in [1.29, 1.82) is 0 Å². The standard InChI is InChI=1S/C23H32O4/c1-14(20(25)27-4)17-7-8-18-19-6-5-15-13-16(24)9-10-22(15,3)23(19,26)12-11-21(17,18)2/h13,18-19,26H,5-12H2,1-4H3/t18-,19-,21+,22-,23+/m0/s1. The molecule has 1 N–H and O–H groups in total. The Bertz CT molecular complexity index is 762. The van der Waals surface area contributed by atoms with Crippen LogP contribution in [0.4, 0.5) is 0 Å². The summed E-state index contributed by atoms with van der Waals surface area (Å²) in [7, 11) is 1.45. The molecule has 0 bridgehead atoms. The molecule has 0 unspecified atom stereocenters. The Labute approximate surface area is 162 Å². The molecule has 4 aliphatic carbocycles. The summed E-state index contributed by atoms with van der Waals surface area (Å²) < 4.78 is 4.99. The lowest BCUT2D eigenvalue weighted by atomic mass is 9.45. The molecule has 5 atom stereocenters. The minimum atomic E-state index is -0.740. The number of carbonyl (C=O) groups is 2. The maximum absolute atomic E-state index is 12.2. The van der Waals surface area contributed by atoms with Gasteiger partial charge in [-0.25, -0.2) is 4.79 Å². The molecule has 3 fully saturated rings. The van der Waals surface area contributed by atoms with Crippen LogP contribution in [0.1, 0.15) is 72.1 Å². The van der Waals surface area contributed by atoms with Gasteiger partial charge in [0, 0.05) is 17.4 Å². The van der Waals surface area contributed by atoms with Crippen molar-refractivity contribution in [3.63, 3.8) is 0 Å². The molecule has 4 rings (SSSR count). The van der Waals surface area contributed by atoms with Crippen molar-refractivity contribution in [3.8, 4) is 0 Å². The van der Waals surface area contributed by atoms with Gasteiger partial charge < -0.3 is 9.84 Å². The molecule has 148 valence electrons. The Balaban J connectivity index is 1.73. The topological polar surface area (TPSA) is 63.6 Å². The maximum Gasteiger partial charge on any atom is 0.333 e. The van der Waals surface area contributed by atoms with Crippen LogP contribution in [0, 0.1) is 22.7 Å². The van der Waals surface area contributed by atoms with Crippen molar-refractivity contribution >= 4 is 11.8 Å². The zero-order valence-electron chi connectivity index (χ0n) is 17.1. The number of hydrogen-bond donors (Lipinski definition) is 1. The van der Waals surface area contributed by atoms with Crippen LogP contribution in [0.25, 0.3) is 0 Å². The van der Waals surface area contributed by atoms with E-state index in [0.29, 0.717) is 12.3 Å². The second-order valence-corrected chi connectivity index (χ2v) is 9.70. The molecule has 3 saturated carbocycles. The fraction of sp³-hybridized carbons (Fsp3) is 0.739. The van der Waals surface area contributed by atoms with Gasteiger partial charge in [-0.15, -0.1) is 0 Å². The Morgan fingerprint density at radius 1 is 1.11 bits per heavy atom. The first-order valence-corrected chi connectivity index (χ1v) is 10.4. The van der Waals surface area contributed by atoms with Crippen molar-refractivity contribution in [2.24, 2.45) is 22.7 Å². The third-order valence-electron chi connectivity index (χ3n) is 8.88. The molecule has 27 heavy (non-hydrogen) atoms. The van der Waals surface area contributed by atoms with Gasteiger partial charge in [0.1, 0.15) is 0 Å². The number of hydrogen-bond acceptors (Lipinski definition) is 4. The molecule has 4 nitrogen and oxygen atoms in total. The molecular weight excluding hydrogens is 340 g/mol. The van der Waals surface area contributed by atoms with Crippen LogP contribution < -0.4 is 0 Å². The molecule has 0 amide bonds. The molecule has 0 aliphatic heterocycles. The number of allylic oxidation sites excluding steroid dienone is 1. The van der Waals surface area contributed by atoms with Crippen LogP contribution in [-0.4, -0.2) is 29.6 Å². The van der Waals surface area contributed by atoms with Crippen LogP contribution in [-0.2, 0) is 14.3 Å². The van der Waals surface area contributed by atoms with Gasteiger partial charge in [0.05, 0.1) is 12.7 Å². The van der Waals surface area contributed by atoms with Gasteiger partial charge in [0.2, 0.25) is 0 Å². The average molecular weight is 373 g/mol. The second kappa shape index (κ2) is 6.04. The van der Waals surface area contributed by atoms with Crippen molar-refractivity contribution in [1.82, 2.24) is 0 Å². The molecule has 4 heteroatoms. The van der Waals surface area contributed by atoms with E-state index in [0.717, 1.165) is 50.5 Å². The summed E-state index contributed by atoms with van der Waals surface area (Å²) in [6.07, 6.45) is 8.57. The SMILES string of the molecule is COC(=O)C(C)=C1CC[C@H]2[C@@H]3CCC4=CC(=O)CC[C@]4(C)[C@@]3(O)CC[C@]12C. The van der Waals surface area contributed by atoms with E-state index < -0.39 is 5.60 Å². The first-order valence-electron chi connectivity index (χ1n) is 10.4. The fourth-order valence-electron chi connectivity index (χ4n) is 7.21. The van der Waals surface area contributed by atoms with Gasteiger partial charge >= 0.3 is 5.97 Å². The highest BCUT2D eigenvalue weighted by Gasteiger charge is 2.65. The predicted molar refractivity (Wildman–Crippen MR) is 103 cm³/mol. The van der Waals surface area contributed by atoms with Crippen molar-refractivity contribution < 1.29 is 19.4 Å². The zero-order chi connectivity index (χ0) is 19.6. The third kappa shape index (κ3) is 2.38. The number of rotatable bonds is 1. The number of carbonyl (C=O) groups excluding carboxylic acids is 2. The summed E-state index contributed by atoms with van der Waals surface area (Å²) in [5.41, 5.74) is 2.12. The van der Waals surface area contributed by atoms with Gasteiger partial charge in [-0.3, -0.25) is 4.79 Å². The first kappa shape index (κ1) is 18.9. The van der Waals surface area contributed by atoms with Crippen LogP contribution in [0.2, 0.25) is 0 Å². The van der Waals surface area contributed by atoms with Gasteiger partial charge in [-0.05, 0) is 75.2 Å². The summed E-state index contributed by atoms with van der Waals surface area (Å²) in [6.45, 7) is 6.38. The molecule has 0 radical (unpaired) electrons. The van der Waals surface area contributed by atoms with Crippen molar-refractivity contribution in [2.45, 2.75) is 77.7 Å². The molecule has 0 saturated heterocycles. The first-order chi connectivity index (χ1) is 12.7. The lowest BCUT2D eigenvalue weighted by Crippen LogP contribution is -2.62. The number of aliphatic hydroxyl groups is 1. The highest BCUT2D eigenvalue weighted by Crippen LogP contribution is 2.68. The van der Waals surface area contributed by atoms with E-state index in [4.69, 9.17) is 4.74 Å². The largest absolute Gasteiger partial charge is 0.466 e. The molecular formula is C23H32O4. The number of fused-ring (bicyclic) bond motifs is 5. The summed E-state index contributed by atoms with van der Waals surface area (Å²) in [6, 6.07) is 0. The Morgan fingerprint density at radius 3 is 2.52 bits per heavy atom. The molecule has 0 aromatic rings. The Kier molecular flexibility index (Phi) is 4.23. The third-order valence-corrected chi connectivity index (χ3v) is 8.88. The highest BCUT2D eigenvalue weighted by molar-refractivity contribution is 5.92. The fourth-order valence-corrected chi connectivity index (χ4v) is 7.21. The summed E-state index contributed by atoms with van der Waals surface area (Å²) >= 11 is 0. The smallest absolute Gasteiger partial charge is 0.333 e. The van der Waals surface area contributed by atoms with Crippen LogP contribution >= 0.6 is 0 Å². The van der Waals surface area contributed by atoms with E-state index in [1.165, 1.54) is 18.3 Å². The van der Waals surface area contributed by atoms with Gasteiger partial charge in [0.25, 0.3) is 0 Å². The minimum absolute atomic E-state index is 0.0305. The summed E-state index contributed by atoms with van der Waals surface area (Å²) in [4.78, 5) is 24.1. The van der Waals surface area contributed by atoms with E-state index >= 15 is 0 Å². The van der Waals surface area contributed by atoms with Crippen LogP contribution in [0.5, 0.6) is 0 Å². The van der Waals surface area contributed by atoms with E-state index in [1.54, 1.807) is 0 Å². The molecule has 4 aliphatic rings. The lowest BCUT2D eigenvalue weighted by molar-refractivity contribution is -0.183. The number of ether oxygens (including phenoxy) is 1. The Morgan fingerprint density at radius 2 is 1.81 bits per heavy atom. The van der Waals surface area contributed by atoms with Crippen LogP contribution in [0.15, 0.2) is 22.8 Å². The van der Waals surface area contributed by atoms with Crippen molar-refractivity contribution in [2.75, 3.05) is 7.11 Å². The molecule has 0 heterocycles. The summed E-state index contributed by atoms with van der Waals surface area (Å²) in [5, 5.41) is 12.0. The van der Waals surface area contributed by atoms with Gasteiger partial charge in [0.15, 0.2) is 5.78 Å². The Hall–Kier alpha value is -1.42. The van der Waals surface area contributed by atoms with E-state index in [1.807, 2.05) is 13.0 Å². The zero-order valence-corrected chi connectivity index (χ0v) is 17.1. The quantitative estimate of drug-likeness (QED) is 0.555. The van der Waals surface area contributed by atoms with Crippen molar-refractivity contribution in [3.05, 3.63) is 22.8 Å². The van der Waals surface area contributed by atoms with E-state index in [-0.39, 0.29) is 28.5 Å². The molecule has 0 aromatic heterocycles. The molecule has 0 spiro atoms. The van der Waals surface area contributed by atoms with Crippen LogP contribution in [0.3, 0.4) is 0 Å². The van der Waals surface area contributed by atoms with Gasteiger partial charge in [-0.2, -0.15) is 0 Å². The number of ketones is 1. The molecule has 0 aromatic carbocycles. The van der Waals surface area contributed by atoms with Gasteiger partial charge in [-0.1, -0.05) is 25.0 Å². The van der Waals surface area contributed by atoms with E-state index in [9.17, 15) is 14.7 Å². The summed E-state index contributed by atoms with van der Waals surface area (Å²) in [5.74, 6) is 0.612. The monoisotopic (exact) mass is 372 g/mol. The average Bonchev–Trinajstić information content (AvgIpc) is 2.99. The lowest BCUT2D eigenvalue weighted by Gasteiger charge is -2.62. The second-order valence-electron chi connectivity index (χ2n) is 9.70. The number of methoxy groups -OCH3 is 1.